The van der Waals surface area contributed by atoms with E-state index in [9.17, 15) is 9.59 Å². The second kappa shape index (κ2) is 6.35. The zero-order chi connectivity index (χ0) is 15.6. The molecule has 1 fully saturated rings. The number of ether oxygens (including phenoxy) is 2. The summed E-state index contributed by atoms with van der Waals surface area (Å²) in [5.41, 5.74) is -1.95. The van der Waals surface area contributed by atoms with Gasteiger partial charge >= 0.3 is 11.9 Å². The summed E-state index contributed by atoms with van der Waals surface area (Å²) in [6.45, 7) is 7.48. The van der Waals surface area contributed by atoms with Crippen molar-refractivity contribution < 1.29 is 19.1 Å². The van der Waals surface area contributed by atoms with Crippen LogP contribution in [0.3, 0.4) is 0 Å². The maximum Gasteiger partial charge on any atom is 0.324 e. The van der Waals surface area contributed by atoms with Crippen LogP contribution < -0.4 is 0 Å². The predicted molar refractivity (Wildman–Crippen MR) is 77.4 cm³/mol. The molecular weight excluding hydrogens is 303 g/mol. The number of carbonyl (C=O) groups excluding carboxylic acids is 2. The van der Waals surface area contributed by atoms with Crippen molar-refractivity contribution in [2.24, 2.45) is 16.7 Å². The fourth-order valence-electron chi connectivity index (χ4n) is 2.74. The Balaban J connectivity index is 3.13. The van der Waals surface area contributed by atoms with E-state index < -0.39 is 22.8 Å². The Hall–Kier alpha value is -0.740. The van der Waals surface area contributed by atoms with Gasteiger partial charge in [0.2, 0.25) is 0 Å². The van der Waals surface area contributed by atoms with Gasteiger partial charge in [-0.2, -0.15) is 0 Å². The van der Waals surface area contributed by atoms with E-state index in [4.69, 9.17) is 32.7 Å². The van der Waals surface area contributed by atoms with Crippen molar-refractivity contribution in [3.63, 3.8) is 0 Å². The van der Waals surface area contributed by atoms with Gasteiger partial charge < -0.3 is 9.47 Å². The van der Waals surface area contributed by atoms with E-state index in [1.807, 2.05) is 13.8 Å². The molecule has 0 heterocycles. The Bertz CT molecular complexity index is 407. The molecule has 1 atom stereocenters. The van der Waals surface area contributed by atoms with Crippen LogP contribution in [0.5, 0.6) is 0 Å². The smallest absolute Gasteiger partial charge is 0.324 e. The molecule has 20 heavy (non-hydrogen) atoms. The summed E-state index contributed by atoms with van der Waals surface area (Å²) in [7, 11) is 0. The highest BCUT2D eigenvalue weighted by molar-refractivity contribution is 6.55. The zero-order valence-electron chi connectivity index (χ0n) is 12.2. The highest BCUT2D eigenvalue weighted by atomic mass is 35.5. The third kappa shape index (κ3) is 2.68. The predicted octanol–water partition coefficient (Wildman–Crippen LogP) is 3.46. The van der Waals surface area contributed by atoms with Crippen LogP contribution in [0.25, 0.3) is 0 Å². The van der Waals surface area contributed by atoms with Gasteiger partial charge in [-0.3, -0.25) is 9.59 Å². The average Bonchev–Trinajstić information content (AvgIpc) is 2.33. The molecule has 1 rings (SSSR count). The first kappa shape index (κ1) is 17.3. The van der Waals surface area contributed by atoms with Gasteiger partial charge in [0.15, 0.2) is 5.41 Å². The largest absolute Gasteiger partial charge is 0.465 e. The fraction of sp³-hybridized carbons (Fsp3) is 0.714. The lowest BCUT2D eigenvalue weighted by atomic mass is 9.45. The molecule has 114 valence electrons. The zero-order valence-corrected chi connectivity index (χ0v) is 13.7. The van der Waals surface area contributed by atoms with Crippen LogP contribution in [0, 0.1) is 16.7 Å². The number of allylic oxidation sites excluding steroid dienone is 1. The Kier molecular flexibility index (Phi) is 5.50. The van der Waals surface area contributed by atoms with Gasteiger partial charge in [0.25, 0.3) is 0 Å². The van der Waals surface area contributed by atoms with E-state index >= 15 is 0 Å². The van der Waals surface area contributed by atoms with Gasteiger partial charge in [0.1, 0.15) is 4.49 Å². The maximum absolute atomic E-state index is 12.3. The number of carbonyl (C=O) groups is 2. The van der Waals surface area contributed by atoms with Crippen molar-refractivity contribution >= 4 is 35.1 Å². The molecular formula is C14H20Cl2O4. The van der Waals surface area contributed by atoms with E-state index in [0.717, 1.165) is 0 Å². The van der Waals surface area contributed by atoms with Crippen LogP contribution in [0.15, 0.2) is 10.6 Å². The molecule has 1 aliphatic carbocycles. The molecule has 0 aliphatic heterocycles. The maximum atomic E-state index is 12.3. The topological polar surface area (TPSA) is 52.6 Å². The minimum atomic E-state index is -1.29. The number of hydrogen-bond donors (Lipinski definition) is 0. The van der Waals surface area contributed by atoms with Crippen molar-refractivity contribution in [2.45, 2.75) is 34.1 Å². The van der Waals surface area contributed by atoms with E-state index in [-0.39, 0.29) is 23.6 Å². The normalized spacial score (nSPS) is 22.4. The van der Waals surface area contributed by atoms with Gasteiger partial charge in [-0.15, -0.1) is 0 Å². The van der Waals surface area contributed by atoms with Gasteiger partial charge in [-0.1, -0.05) is 43.1 Å². The van der Waals surface area contributed by atoms with Crippen molar-refractivity contribution in [1.82, 2.24) is 0 Å². The lowest BCUT2D eigenvalue weighted by molar-refractivity contribution is -0.204. The van der Waals surface area contributed by atoms with Crippen molar-refractivity contribution in [3.8, 4) is 0 Å². The number of rotatable bonds is 5. The summed E-state index contributed by atoms with van der Waals surface area (Å²) < 4.78 is 10.3. The highest BCUT2D eigenvalue weighted by Gasteiger charge is 2.70. The quantitative estimate of drug-likeness (QED) is 0.574. The molecule has 1 unspecified atom stereocenters. The summed E-state index contributed by atoms with van der Waals surface area (Å²) in [5, 5.41) is 0. The standard InChI is InChI=1S/C14H20Cl2O4/c1-5-19-11(17)14(12(18)20-6-2)8-9(7-10(15)16)13(14,3)4/h7,9H,5-6,8H2,1-4H3. The summed E-state index contributed by atoms with van der Waals surface area (Å²) in [4.78, 5) is 24.6. The SMILES string of the molecule is CCOC(=O)C1(C(=O)OCC)CC(C=C(Cl)Cl)C1(C)C. The van der Waals surface area contributed by atoms with Gasteiger partial charge in [0, 0.05) is 0 Å². The van der Waals surface area contributed by atoms with Crippen molar-refractivity contribution in [1.29, 1.82) is 0 Å². The summed E-state index contributed by atoms with van der Waals surface area (Å²) in [6.07, 6.45) is 1.94. The summed E-state index contributed by atoms with van der Waals surface area (Å²) in [6, 6.07) is 0. The van der Waals surface area contributed by atoms with Crippen molar-refractivity contribution in [2.75, 3.05) is 13.2 Å². The molecule has 1 aliphatic rings. The summed E-state index contributed by atoms with van der Waals surface area (Å²) >= 11 is 11.4. The van der Waals surface area contributed by atoms with Gasteiger partial charge in [-0.25, -0.2) is 0 Å². The molecule has 0 radical (unpaired) electrons. The van der Waals surface area contributed by atoms with Crippen LogP contribution in [0.4, 0.5) is 0 Å². The lowest BCUT2D eigenvalue weighted by Crippen LogP contribution is -2.64. The number of halogens is 2. The van der Waals surface area contributed by atoms with Gasteiger partial charge in [0.05, 0.1) is 13.2 Å². The third-order valence-electron chi connectivity index (χ3n) is 4.13. The van der Waals surface area contributed by atoms with Crippen LogP contribution in [0.1, 0.15) is 34.1 Å². The first-order valence-corrected chi connectivity index (χ1v) is 7.36. The Morgan fingerprint density at radius 1 is 1.15 bits per heavy atom. The third-order valence-corrected chi connectivity index (χ3v) is 4.38. The average molecular weight is 323 g/mol. The first-order valence-electron chi connectivity index (χ1n) is 6.61. The van der Waals surface area contributed by atoms with E-state index in [0.29, 0.717) is 6.42 Å². The summed E-state index contributed by atoms with van der Waals surface area (Å²) in [5.74, 6) is -1.17. The molecule has 0 aromatic carbocycles. The molecule has 0 aromatic rings. The van der Waals surface area contributed by atoms with Crippen LogP contribution >= 0.6 is 23.2 Å². The molecule has 0 spiro atoms. The molecule has 0 aromatic heterocycles. The van der Waals surface area contributed by atoms with Gasteiger partial charge in [-0.05, 0) is 31.6 Å². The van der Waals surface area contributed by atoms with Crippen LogP contribution in [-0.2, 0) is 19.1 Å². The Labute approximate surface area is 129 Å². The molecule has 1 saturated carbocycles. The Morgan fingerprint density at radius 2 is 1.60 bits per heavy atom. The van der Waals surface area contributed by atoms with Crippen LogP contribution in [0.2, 0.25) is 0 Å². The highest BCUT2D eigenvalue weighted by Crippen LogP contribution is 2.62. The lowest BCUT2D eigenvalue weighted by Gasteiger charge is -2.56. The van der Waals surface area contributed by atoms with Crippen molar-refractivity contribution in [3.05, 3.63) is 10.6 Å². The molecule has 0 N–H and O–H groups in total. The van der Waals surface area contributed by atoms with E-state index in [1.54, 1.807) is 19.9 Å². The minimum Gasteiger partial charge on any atom is -0.465 e. The number of hydrogen-bond acceptors (Lipinski definition) is 4. The number of esters is 2. The van der Waals surface area contributed by atoms with Crippen LogP contribution in [-0.4, -0.2) is 25.2 Å². The fourth-order valence-corrected chi connectivity index (χ4v) is 3.04. The van der Waals surface area contributed by atoms with E-state index in [2.05, 4.69) is 0 Å². The second-order valence-corrected chi connectivity index (χ2v) is 6.34. The second-order valence-electron chi connectivity index (χ2n) is 5.33. The molecule has 0 amide bonds. The van der Waals surface area contributed by atoms with E-state index in [1.165, 1.54) is 0 Å². The molecule has 0 saturated heterocycles. The Morgan fingerprint density at radius 3 is 1.90 bits per heavy atom. The molecule has 4 nitrogen and oxygen atoms in total. The molecule has 6 heteroatoms. The molecule has 0 bridgehead atoms. The first-order chi connectivity index (χ1) is 9.23. The minimum absolute atomic E-state index is 0.0821. The monoisotopic (exact) mass is 322 g/mol.